The number of rotatable bonds is 5. The molecule has 0 radical (unpaired) electrons. The average molecular weight is 411 g/mol. The lowest BCUT2D eigenvalue weighted by Gasteiger charge is -2.26. The minimum atomic E-state index is -3.05. The lowest BCUT2D eigenvalue weighted by Crippen LogP contribution is -2.40. The van der Waals surface area contributed by atoms with Crippen LogP contribution in [-0.2, 0) is 19.4 Å². The molecule has 3 heterocycles. The van der Waals surface area contributed by atoms with Gasteiger partial charge in [-0.05, 0) is 36.6 Å². The number of thiophene rings is 1. The average Bonchev–Trinajstić information content (AvgIpc) is 3.40. The molecule has 4 rings (SSSR count). The highest BCUT2D eigenvalue weighted by atomic mass is 32.2. The molecule has 3 aliphatic rings. The summed E-state index contributed by atoms with van der Waals surface area (Å²) in [6.07, 6.45) is 5.33. The molecular formula is C19H26N2O4S2. The predicted octanol–water partition coefficient (Wildman–Crippen LogP) is 2.13. The molecule has 3 atom stereocenters. The molecule has 148 valence electrons. The Balaban J connectivity index is 1.42. The van der Waals surface area contributed by atoms with Gasteiger partial charge in [-0.15, -0.1) is 11.3 Å². The van der Waals surface area contributed by atoms with Crippen LogP contribution in [0.15, 0.2) is 17.5 Å². The van der Waals surface area contributed by atoms with Crippen molar-refractivity contribution in [3.05, 3.63) is 22.4 Å². The summed E-state index contributed by atoms with van der Waals surface area (Å²) in [6, 6.07) is 3.85. The summed E-state index contributed by atoms with van der Waals surface area (Å²) < 4.78 is 23.5. The number of nitrogens with zero attached hydrogens (tertiary/aromatic N) is 1. The van der Waals surface area contributed by atoms with Gasteiger partial charge in [-0.2, -0.15) is 0 Å². The van der Waals surface area contributed by atoms with Gasteiger partial charge in [-0.25, -0.2) is 8.42 Å². The molecule has 0 aromatic carbocycles. The lowest BCUT2D eigenvalue weighted by atomic mass is 9.95. The maximum Gasteiger partial charge on any atom is 0.225 e. The third-order valence-corrected chi connectivity index (χ3v) is 8.90. The van der Waals surface area contributed by atoms with Crippen molar-refractivity contribution in [2.75, 3.05) is 18.1 Å². The van der Waals surface area contributed by atoms with Crippen LogP contribution in [0.25, 0.3) is 0 Å². The molecule has 0 bridgehead atoms. The van der Waals surface area contributed by atoms with Crippen LogP contribution in [0.4, 0.5) is 0 Å². The first kappa shape index (κ1) is 18.9. The SMILES string of the molecule is O=C(N[C@H](c1cccs1)C1CCCC1)[C@@H]1CC(=O)N([C@H]2CCS(=O)(=O)C2)C1. The Labute approximate surface area is 164 Å². The Morgan fingerprint density at radius 3 is 2.67 bits per heavy atom. The fourth-order valence-corrected chi connectivity index (χ4v) is 7.33. The molecule has 0 spiro atoms. The Hall–Kier alpha value is -1.41. The molecule has 1 N–H and O–H groups in total. The summed E-state index contributed by atoms with van der Waals surface area (Å²) >= 11 is 1.66. The van der Waals surface area contributed by atoms with E-state index >= 15 is 0 Å². The van der Waals surface area contributed by atoms with E-state index in [1.54, 1.807) is 16.2 Å². The van der Waals surface area contributed by atoms with Gasteiger partial charge in [0.15, 0.2) is 9.84 Å². The molecule has 1 aromatic heterocycles. The molecule has 27 heavy (non-hydrogen) atoms. The van der Waals surface area contributed by atoms with E-state index in [-0.39, 0.29) is 47.7 Å². The number of carbonyl (C=O) groups excluding carboxylic acids is 2. The summed E-state index contributed by atoms with van der Waals surface area (Å²) in [5.74, 6) is 0.0844. The Morgan fingerprint density at radius 2 is 2.04 bits per heavy atom. The van der Waals surface area contributed by atoms with Gasteiger partial charge >= 0.3 is 0 Å². The van der Waals surface area contributed by atoms with Crippen molar-refractivity contribution in [3.63, 3.8) is 0 Å². The van der Waals surface area contributed by atoms with E-state index < -0.39 is 9.84 Å². The van der Waals surface area contributed by atoms with Crippen LogP contribution in [0.2, 0.25) is 0 Å². The van der Waals surface area contributed by atoms with Gasteiger partial charge in [0, 0.05) is 23.9 Å². The summed E-state index contributed by atoms with van der Waals surface area (Å²) in [4.78, 5) is 28.2. The number of sulfone groups is 1. The van der Waals surface area contributed by atoms with Gasteiger partial charge < -0.3 is 10.2 Å². The Bertz CT molecular complexity index is 800. The number of carbonyl (C=O) groups is 2. The minimum Gasteiger partial charge on any atom is -0.348 e. The predicted molar refractivity (Wildman–Crippen MR) is 104 cm³/mol. The first-order valence-electron chi connectivity index (χ1n) is 9.76. The second kappa shape index (κ2) is 7.54. The number of hydrogen-bond acceptors (Lipinski definition) is 5. The molecule has 1 aliphatic carbocycles. The highest BCUT2D eigenvalue weighted by molar-refractivity contribution is 7.91. The summed E-state index contributed by atoms with van der Waals surface area (Å²) in [5.41, 5.74) is 0. The zero-order valence-corrected chi connectivity index (χ0v) is 16.9. The molecule has 8 heteroatoms. The summed E-state index contributed by atoms with van der Waals surface area (Å²) in [6.45, 7) is 0.340. The minimum absolute atomic E-state index is 0.0241. The largest absolute Gasteiger partial charge is 0.348 e. The third-order valence-electron chi connectivity index (χ3n) is 6.20. The molecule has 1 aromatic rings. The third kappa shape index (κ3) is 4.06. The van der Waals surface area contributed by atoms with Crippen molar-refractivity contribution in [2.45, 2.75) is 50.6 Å². The fourth-order valence-electron chi connectivity index (χ4n) is 4.73. The molecule has 2 aliphatic heterocycles. The molecule has 0 unspecified atom stereocenters. The number of likely N-dealkylation sites (tertiary alicyclic amines) is 1. The highest BCUT2D eigenvalue weighted by Crippen LogP contribution is 2.38. The number of amides is 2. The van der Waals surface area contributed by atoms with Gasteiger partial charge in [0.1, 0.15) is 0 Å². The van der Waals surface area contributed by atoms with Gasteiger partial charge in [0.25, 0.3) is 0 Å². The molecule has 2 amide bonds. The normalized spacial score (nSPS) is 29.3. The van der Waals surface area contributed by atoms with Crippen molar-refractivity contribution < 1.29 is 18.0 Å². The van der Waals surface area contributed by atoms with E-state index in [2.05, 4.69) is 11.4 Å². The smallest absolute Gasteiger partial charge is 0.225 e. The first-order valence-corrected chi connectivity index (χ1v) is 12.5. The fraction of sp³-hybridized carbons (Fsp3) is 0.684. The van der Waals surface area contributed by atoms with Crippen molar-refractivity contribution in [2.24, 2.45) is 11.8 Å². The van der Waals surface area contributed by atoms with Crippen molar-refractivity contribution in [1.82, 2.24) is 10.2 Å². The molecular weight excluding hydrogens is 384 g/mol. The van der Waals surface area contributed by atoms with Crippen LogP contribution in [0.5, 0.6) is 0 Å². The highest BCUT2D eigenvalue weighted by Gasteiger charge is 2.42. The maximum absolute atomic E-state index is 12.9. The van der Waals surface area contributed by atoms with E-state index in [0.717, 1.165) is 12.8 Å². The molecule has 1 saturated carbocycles. The topological polar surface area (TPSA) is 83.6 Å². The second-order valence-electron chi connectivity index (χ2n) is 8.05. The molecule has 6 nitrogen and oxygen atoms in total. The van der Waals surface area contributed by atoms with Crippen LogP contribution in [0, 0.1) is 11.8 Å². The van der Waals surface area contributed by atoms with E-state index in [0.29, 0.717) is 18.9 Å². The zero-order valence-electron chi connectivity index (χ0n) is 15.3. The zero-order chi connectivity index (χ0) is 19.0. The lowest BCUT2D eigenvalue weighted by molar-refractivity contribution is -0.130. The Kier molecular flexibility index (Phi) is 5.29. The van der Waals surface area contributed by atoms with E-state index in [1.807, 2.05) is 11.4 Å². The van der Waals surface area contributed by atoms with Gasteiger partial charge in [-0.1, -0.05) is 18.9 Å². The van der Waals surface area contributed by atoms with Crippen LogP contribution in [-0.4, -0.2) is 49.2 Å². The number of hydrogen-bond donors (Lipinski definition) is 1. The van der Waals surface area contributed by atoms with Crippen molar-refractivity contribution >= 4 is 33.0 Å². The van der Waals surface area contributed by atoms with Crippen LogP contribution >= 0.6 is 11.3 Å². The second-order valence-corrected chi connectivity index (χ2v) is 11.3. The summed E-state index contributed by atoms with van der Waals surface area (Å²) in [5, 5.41) is 5.26. The van der Waals surface area contributed by atoms with Crippen molar-refractivity contribution in [1.29, 1.82) is 0 Å². The van der Waals surface area contributed by atoms with Crippen LogP contribution < -0.4 is 5.32 Å². The van der Waals surface area contributed by atoms with Gasteiger partial charge in [-0.3, -0.25) is 9.59 Å². The number of nitrogens with one attached hydrogen (secondary N) is 1. The summed E-state index contributed by atoms with van der Waals surface area (Å²) in [7, 11) is -3.05. The molecule has 3 fully saturated rings. The van der Waals surface area contributed by atoms with Crippen LogP contribution in [0.1, 0.15) is 49.4 Å². The van der Waals surface area contributed by atoms with E-state index in [4.69, 9.17) is 0 Å². The molecule has 2 saturated heterocycles. The maximum atomic E-state index is 12.9. The van der Waals surface area contributed by atoms with Crippen molar-refractivity contribution in [3.8, 4) is 0 Å². The standard InChI is InChI=1S/C19H26N2O4S2/c22-17-10-14(11-21(17)15-7-9-27(24,25)12-15)19(23)20-18(13-4-1-2-5-13)16-6-3-8-26-16/h3,6,8,13-15,18H,1-2,4-5,7,9-12H2,(H,20,23)/t14-,15+,18+/m1/s1. The van der Waals surface area contributed by atoms with Gasteiger partial charge in [0.2, 0.25) is 11.8 Å². The monoisotopic (exact) mass is 410 g/mol. The van der Waals surface area contributed by atoms with E-state index in [9.17, 15) is 18.0 Å². The quantitative estimate of drug-likeness (QED) is 0.806. The van der Waals surface area contributed by atoms with Crippen LogP contribution in [0.3, 0.4) is 0 Å². The Morgan fingerprint density at radius 1 is 1.26 bits per heavy atom. The van der Waals surface area contributed by atoms with E-state index in [1.165, 1.54) is 17.7 Å². The van der Waals surface area contributed by atoms with Gasteiger partial charge in [0.05, 0.1) is 23.5 Å². The first-order chi connectivity index (χ1) is 12.9.